The molecule has 3 aliphatic rings. The Morgan fingerprint density at radius 2 is 1.89 bits per heavy atom. The Morgan fingerprint density at radius 3 is 2.57 bits per heavy atom. The van der Waals surface area contributed by atoms with Gasteiger partial charge in [-0.05, 0) is 69.1 Å². The molecule has 1 saturated heterocycles. The van der Waals surface area contributed by atoms with Gasteiger partial charge in [-0.3, -0.25) is 4.79 Å². The van der Waals surface area contributed by atoms with Crippen molar-refractivity contribution in [1.82, 2.24) is 15.5 Å². The molecule has 4 rings (SSSR count). The molecule has 2 N–H and O–H groups in total. The summed E-state index contributed by atoms with van der Waals surface area (Å²) < 4.78 is 46.4. The van der Waals surface area contributed by atoms with Crippen LogP contribution in [0.3, 0.4) is 0 Å². The Hall–Kier alpha value is -1.93. The quantitative estimate of drug-likeness (QED) is 0.484. The first kappa shape index (κ1) is 26.1. The topological polar surface area (TPSA) is 53.6 Å². The number of benzene rings is 1. The van der Waals surface area contributed by atoms with Gasteiger partial charge in [0.15, 0.2) is 0 Å². The average molecular weight is 514 g/mol. The zero-order valence-corrected chi connectivity index (χ0v) is 21.0. The molecule has 1 amide bonds. The summed E-state index contributed by atoms with van der Waals surface area (Å²) in [5, 5.41) is 6.32. The van der Waals surface area contributed by atoms with Gasteiger partial charge in [0.05, 0.1) is 5.56 Å². The van der Waals surface area contributed by atoms with Crippen molar-refractivity contribution in [1.29, 1.82) is 0 Å². The summed E-state index contributed by atoms with van der Waals surface area (Å²) in [6.07, 6.45) is 5.42. The molecule has 2 fully saturated rings. The van der Waals surface area contributed by atoms with Gasteiger partial charge in [-0.25, -0.2) is 0 Å². The van der Waals surface area contributed by atoms with E-state index in [4.69, 9.17) is 16.3 Å². The maximum absolute atomic E-state index is 13.9. The van der Waals surface area contributed by atoms with Gasteiger partial charge in [0, 0.05) is 48.8 Å². The Kier molecular flexibility index (Phi) is 8.21. The largest absolute Gasteiger partial charge is 0.416 e. The molecule has 9 heteroatoms. The predicted molar refractivity (Wildman–Crippen MR) is 129 cm³/mol. The molecular formula is C26H35ClF3N3O2. The first-order valence-corrected chi connectivity index (χ1v) is 13.0. The fourth-order valence-corrected chi connectivity index (χ4v) is 5.86. The number of carbonyl (C=O) groups excluding carboxylic acids is 1. The van der Waals surface area contributed by atoms with Crippen LogP contribution < -0.4 is 10.6 Å². The van der Waals surface area contributed by atoms with Crippen LogP contribution >= 0.6 is 11.6 Å². The molecule has 0 aromatic heterocycles. The molecule has 1 aromatic carbocycles. The number of rotatable bonds is 7. The second-order valence-corrected chi connectivity index (χ2v) is 10.5. The molecule has 0 radical (unpaired) electrons. The summed E-state index contributed by atoms with van der Waals surface area (Å²) in [6.45, 7) is 4.36. The summed E-state index contributed by atoms with van der Waals surface area (Å²) in [4.78, 5) is 15.8. The number of amides is 1. The number of ether oxygens (including phenoxy) is 1. The van der Waals surface area contributed by atoms with Crippen LogP contribution in [-0.2, 0) is 21.4 Å². The lowest BCUT2D eigenvalue weighted by Crippen LogP contribution is -2.60. The van der Waals surface area contributed by atoms with Gasteiger partial charge in [0.2, 0.25) is 5.66 Å². The van der Waals surface area contributed by atoms with E-state index in [1.807, 2.05) is 11.8 Å². The number of carbonyl (C=O) groups is 1. The van der Waals surface area contributed by atoms with Crippen molar-refractivity contribution in [2.45, 2.75) is 70.1 Å². The van der Waals surface area contributed by atoms with E-state index in [2.05, 4.69) is 10.6 Å². The summed E-state index contributed by atoms with van der Waals surface area (Å²) in [5.74, 6) is 0.451. The number of hydrogen-bond acceptors (Lipinski definition) is 4. The van der Waals surface area contributed by atoms with Gasteiger partial charge in [0.1, 0.15) is 0 Å². The Morgan fingerprint density at radius 1 is 1.17 bits per heavy atom. The van der Waals surface area contributed by atoms with Gasteiger partial charge in [-0.15, -0.1) is 0 Å². The van der Waals surface area contributed by atoms with Crippen LogP contribution in [0.15, 0.2) is 30.1 Å². The fraction of sp³-hybridized carbons (Fsp3) is 0.654. The highest BCUT2D eigenvalue weighted by Crippen LogP contribution is 2.42. The minimum absolute atomic E-state index is 0.126. The minimum atomic E-state index is -4.55. The van der Waals surface area contributed by atoms with Crippen molar-refractivity contribution in [2.24, 2.45) is 11.8 Å². The third kappa shape index (κ3) is 5.74. The molecule has 1 aliphatic carbocycles. The predicted octanol–water partition coefficient (Wildman–Crippen LogP) is 5.79. The van der Waals surface area contributed by atoms with Gasteiger partial charge in [-0.2, -0.15) is 13.2 Å². The number of nitrogens with one attached hydrogen (secondary N) is 2. The molecule has 0 bridgehead atoms. The van der Waals surface area contributed by atoms with E-state index in [9.17, 15) is 18.0 Å². The molecule has 35 heavy (non-hydrogen) atoms. The van der Waals surface area contributed by atoms with Crippen LogP contribution in [-0.4, -0.2) is 37.1 Å². The van der Waals surface area contributed by atoms with Crippen LogP contribution in [0.5, 0.6) is 0 Å². The molecule has 1 unspecified atom stereocenters. The highest BCUT2D eigenvalue weighted by atomic mass is 35.5. The highest BCUT2D eigenvalue weighted by molar-refractivity contribution is 6.31. The van der Waals surface area contributed by atoms with Crippen molar-refractivity contribution >= 4 is 17.5 Å². The summed E-state index contributed by atoms with van der Waals surface area (Å²) >= 11 is 6.52. The van der Waals surface area contributed by atoms with E-state index < -0.39 is 17.4 Å². The van der Waals surface area contributed by atoms with Crippen LogP contribution in [0.4, 0.5) is 13.2 Å². The Bertz CT molecular complexity index is 927. The van der Waals surface area contributed by atoms with Crippen molar-refractivity contribution in [3.05, 3.63) is 46.2 Å². The normalized spacial score (nSPS) is 24.3. The third-order valence-electron chi connectivity index (χ3n) is 7.68. The second kappa shape index (κ2) is 11.0. The van der Waals surface area contributed by atoms with Crippen LogP contribution in [0.2, 0.25) is 5.02 Å². The zero-order valence-electron chi connectivity index (χ0n) is 20.2. The second-order valence-electron chi connectivity index (χ2n) is 10.0. The lowest BCUT2D eigenvalue weighted by atomic mass is 9.87. The van der Waals surface area contributed by atoms with E-state index in [1.165, 1.54) is 12.5 Å². The fourth-order valence-electron chi connectivity index (χ4n) is 5.60. The average Bonchev–Trinajstić information content (AvgIpc) is 3.16. The highest BCUT2D eigenvalue weighted by Gasteiger charge is 2.51. The van der Waals surface area contributed by atoms with Gasteiger partial charge in [-0.1, -0.05) is 30.9 Å². The first-order chi connectivity index (χ1) is 16.7. The molecular weight excluding hydrogens is 479 g/mol. The monoisotopic (exact) mass is 513 g/mol. The molecule has 1 saturated carbocycles. The smallest absolute Gasteiger partial charge is 0.381 e. The molecule has 2 heterocycles. The van der Waals surface area contributed by atoms with Gasteiger partial charge in [0.25, 0.3) is 5.91 Å². The van der Waals surface area contributed by atoms with Gasteiger partial charge < -0.3 is 20.3 Å². The standard InChI is InChI=1S/C26H35ClF3N3O2/c1-18-16-32-25(33(18)17-20-5-3-2-4-6-20,22-15-21(26(28,29)30)7-8-23(22)27)24(34)31-12-9-19-10-13-35-14-11-19/h7-8,15-16,19-20,32H,2-6,9-14,17H2,1H3,(H,31,34). The number of halogens is 4. The van der Waals surface area contributed by atoms with Gasteiger partial charge >= 0.3 is 6.18 Å². The number of nitrogens with zero attached hydrogens (tertiary/aromatic N) is 1. The first-order valence-electron chi connectivity index (χ1n) is 12.7. The van der Waals surface area contributed by atoms with Crippen LogP contribution in [0.25, 0.3) is 0 Å². The Balaban J connectivity index is 1.65. The van der Waals surface area contributed by atoms with E-state index in [0.717, 1.165) is 76.0 Å². The lowest BCUT2D eigenvalue weighted by Gasteiger charge is -2.43. The van der Waals surface area contributed by atoms with Crippen LogP contribution in [0, 0.1) is 11.8 Å². The van der Waals surface area contributed by atoms with E-state index in [-0.39, 0.29) is 16.5 Å². The van der Waals surface area contributed by atoms with Crippen LogP contribution in [0.1, 0.15) is 69.4 Å². The number of hydrogen-bond donors (Lipinski definition) is 2. The molecule has 194 valence electrons. The molecule has 0 spiro atoms. The lowest BCUT2D eigenvalue weighted by molar-refractivity contribution is -0.139. The maximum atomic E-state index is 13.9. The molecule has 1 atom stereocenters. The molecule has 2 aliphatic heterocycles. The summed E-state index contributed by atoms with van der Waals surface area (Å²) in [6, 6.07) is 3.22. The van der Waals surface area contributed by atoms with Crippen molar-refractivity contribution < 1.29 is 22.7 Å². The molecule has 1 aromatic rings. The number of alkyl halides is 3. The van der Waals surface area contributed by atoms with E-state index in [0.29, 0.717) is 24.9 Å². The maximum Gasteiger partial charge on any atom is 0.416 e. The minimum Gasteiger partial charge on any atom is -0.381 e. The zero-order chi connectivity index (χ0) is 25.1. The van der Waals surface area contributed by atoms with Crippen molar-refractivity contribution in [3.8, 4) is 0 Å². The van der Waals surface area contributed by atoms with E-state index >= 15 is 0 Å². The molecule has 5 nitrogen and oxygen atoms in total. The summed E-state index contributed by atoms with van der Waals surface area (Å²) in [5.41, 5.74) is -1.42. The van der Waals surface area contributed by atoms with Crippen molar-refractivity contribution in [3.63, 3.8) is 0 Å². The summed E-state index contributed by atoms with van der Waals surface area (Å²) in [7, 11) is 0. The third-order valence-corrected chi connectivity index (χ3v) is 8.01. The SMILES string of the molecule is CC1=CNC(C(=O)NCCC2CCOCC2)(c2cc(C(F)(F)F)ccc2Cl)N1CC1CCCCC1. The van der Waals surface area contributed by atoms with Crippen molar-refractivity contribution in [2.75, 3.05) is 26.3 Å². The Labute approximate surface area is 210 Å². The number of allylic oxidation sites excluding steroid dienone is 1. The van der Waals surface area contributed by atoms with E-state index in [1.54, 1.807) is 6.20 Å².